The molecule has 0 spiro atoms. The fourth-order valence-corrected chi connectivity index (χ4v) is 2.74. The largest absolute Gasteiger partial charge is 0.481 e. The molecule has 5 nitrogen and oxygen atoms in total. The molecule has 2 atom stereocenters. The minimum absolute atomic E-state index is 0.322. The zero-order chi connectivity index (χ0) is 11.5. The Balaban J connectivity index is 1.96. The highest BCUT2D eigenvalue weighted by Crippen LogP contribution is 2.29. The number of carboxylic acid groups (broad SMARTS) is 1. The van der Waals surface area contributed by atoms with Gasteiger partial charge in [0, 0.05) is 6.54 Å². The van der Waals surface area contributed by atoms with Gasteiger partial charge in [0.15, 0.2) is 0 Å². The average molecular weight is 226 g/mol. The molecule has 2 aliphatic heterocycles. The van der Waals surface area contributed by atoms with Crippen LogP contribution in [0.25, 0.3) is 0 Å². The first-order chi connectivity index (χ1) is 7.68. The van der Waals surface area contributed by atoms with Crippen molar-refractivity contribution < 1.29 is 14.7 Å². The van der Waals surface area contributed by atoms with Crippen LogP contribution in [0.2, 0.25) is 0 Å². The highest BCUT2D eigenvalue weighted by Gasteiger charge is 2.37. The normalized spacial score (nSPS) is 32.1. The quantitative estimate of drug-likeness (QED) is 0.571. The molecule has 2 aliphatic rings. The third kappa shape index (κ3) is 2.35. The molecule has 0 aromatic carbocycles. The van der Waals surface area contributed by atoms with Gasteiger partial charge in [-0.15, -0.1) is 0 Å². The van der Waals surface area contributed by atoms with Gasteiger partial charge in [-0.2, -0.15) is 0 Å². The summed E-state index contributed by atoms with van der Waals surface area (Å²) in [6.07, 6.45) is 2.69. The van der Waals surface area contributed by atoms with Crippen molar-refractivity contribution in [3.8, 4) is 0 Å². The number of nitrogens with one attached hydrogen (secondary N) is 2. The second-order valence-corrected chi connectivity index (χ2v) is 4.72. The highest BCUT2D eigenvalue weighted by atomic mass is 16.4. The molecule has 0 saturated carbocycles. The predicted octanol–water partition coefficient (Wildman–Crippen LogP) is -0.177. The van der Waals surface area contributed by atoms with E-state index in [2.05, 4.69) is 10.6 Å². The summed E-state index contributed by atoms with van der Waals surface area (Å²) in [7, 11) is 0. The number of piperidine rings is 2. The Hall–Kier alpha value is -1.10. The molecular weight excluding hydrogens is 208 g/mol. The van der Waals surface area contributed by atoms with Crippen molar-refractivity contribution in [1.29, 1.82) is 0 Å². The molecule has 2 rings (SSSR count). The van der Waals surface area contributed by atoms with Crippen LogP contribution in [0.3, 0.4) is 0 Å². The van der Waals surface area contributed by atoms with E-state index in [4.69, 9.17) is 5.11 Å². The van der Waals surface area contributed by atoms with Crippen molar-refractivity contribution in [2.24, 2.45) is 17.8 Å². The Labute approximate surface area is 94.6 Å². The Morgan fingerprint density at radius 3 is 2.56 bits per heavy atom. The summed E-state index contributed by atoms with van der Waals surface area (Å²) >= 11 is 0. The monoisotopic (exact) mass is 226 g/mol. The molecule has 0 aliphatic carbocycles. The first-order valence-corrected chi connectivity index (χ1v) is 5.89. The summed E-state index contributed by atoms with van der Waals surface area (Å²) in [5.41, 5.74) is 0. The lowest BCUT2D eigenvalue weighted by Gasteiger charge is -2.35. The van der Waals surface area contributed by atoms with Crippen LogP contribution < -0.4 is 10.6 Å². The molecule has 3 N–H and O–H groups in total. The van der Waals surface area contributed by atoms with E-state index in [1.807, 2.05) is 0 Å². The van der Waals surface area contributed by atoms with Gasteiger partial charge in [0.25, 0.3) is 0 Å². The predicted molar refractivity (Wildman–Crippen MR) is 57.8 cm³/mol. The first-order valence-electron chi connectivity index (χ1n) is 5.89. The van der Waals surface area contributed by atoms with Gasteiger partial charge in [-0.1, -0.05) is 0 Å². The van der Waals surface area contributed by atoms with Crippen molar-refractivity contribution in [3.63, 3.8) is 0 Å². The fraction of sp³-hybridized carbons (Fsp3) is 0.818. The molecule has 0 unspecified atom stereocenters. The van der Waals surface area contributed by atoms with E-state index in [0.29, 0.717) is 24.8 Å². The van der Waals surface area contributed by atoms with E-state index in [9.17, 15) is 9.59 Å². The number of hydrogen-bond acceptors (Lipinski definition) is 3. The number of carbonyl (C=O) groups excluding carboxylic acids is 1. The van der Waals surface area contributed by atoms with E-state index in [1.54, 1.807) is 0 Å². The van der Waals surface area contributed by atoms with Crippen molar-refractivity contribution in [2.75, 3.05) is 19.6 Å². The number of aliphatic carboxylic acids is 1. The molecule has 5 heteroatoms. The van der Waals surface area contributed by atoms with Crippen LogP contribution in [0.5, 0.6) is 0 Å². The molecule has 0 aromatic heterocycles. The van der Waals surface area contributed by atoms with Crippen LogP contribution in [-0.2, 0) is 9.59 Å². The van der Waals surface area contributed by atoms with Crippen LogP contribution in [0.15, 0.2) is 0 Å². The van der Waals surface area contributed by atoms with Gasteiger partial charge in [-0.3, -0.25) is 9.59 Å². The zero-order valence-electron chi connectivity index (χ0n) is 9.24. The fourth-order valence-electron chi connectivity index (χ4n) is 2.74. The minimum Gasteiger partial charge on any atom is -0.481 e. The zero-order valence-corrected chi connectivity index (χ0v) is 9.24. The third-order valence-corrected chi connectivity index (χ3v) is 3.74. The first kappa shape index (κ1) is 11.4. The Morgan fingerprint density at radius 1 is 1.25 bits per heavy atom. The van der Waals surface area contributed by atoms with Crippen molar-refractivity contribution in [3.05, 3.63) is 0 Å². The molecule has 1 amide bonds. The summed E-state index contributed by atoms with van der Waals surface area (Å²) in [6, 6.07) is 0. The van der Waals surface area contributed by atoms with Crippen LogP contribution in [-0.4, -0.2) is 36.6 Å². The van der Waals surface area contributed by atoms with Crippen LogP contribution >= 0.6 is 0 Å². The van der Waals surface area contributed by atoms with Crippen molar-refractivity contribution in [2.45, 2.75) is 19.3 Å². The number of rotatable bonds is 2. The third-order valence-electron chi connectivity index (χ3n) is 3.74. The van der Waals surface area contributed by atoms with Crippen LogP contribution in [0.4, 0.5) is 0 Å². The number of carboxylic acids is 1. The molecule has 0 bridgehead atoms. The van der Waals surface area contributed by atoms with E-state index >= 15 is 0 Å². The maximum Gasteiger partial charge on any atom is 0.316 e. The molecule has 0 aromatic rings. The van der Waals surface area contributed by atoms with E-state index in [0.717, 1.165) is 25.9 Å². The summed E-state index contributed by atoms with van der Waals surface area (Å²) in [5.74, 6) is -1.26. The number of carbonyl (C=O) groups is 2. The summed E-state index contributed by atoms with van der Waals surface area (Å²) < 4.78 is 0. The van der Waals surface area contributed by atoms with Gasteiger partial charge in [0.05, 0.1) is 0 Å². The lowest BCUT2D eigenvalue weighted by atomic mass is 9.77. The molecule has 2 saturated heterocycles. The maximum absolute atomic E-state index is 11.4. The molecule has 2 fully saturated rings. The van der Waals surface area contributed by atoms with Gasteiger partial charge < -0.3 is 15.7 Å². The van der Waals surface area contributed by atoms with Gasteiger partial charge in [0.2, 0.25) is 5.91 Å². The lowest BCUT2D eigenvalue weighted by molar-refractivity contribution is -0.149. The molecule has 0 radical (unpaired) electrons. The van der Waals surface area contributed by atoms with E-state index < -0.39 is 11.9 Å². The van der Waals surface area contributed by atoms with E-state index in [-0.39, 0.29) is 5.91 Å². The summed E-state index contributed by atoms with van der Waals surface area (Å²) in [6.45, 7) is 2.66. The number of hydrogen-bond donors (Lipinski definition) is 3. The number of amides is 1. The standard InChI is InChI=1S/C11H18N2O3/c14-10-9(11(15)16)5-8(6-13-10)7-1-3-12-4-2-7/h7-9,12H,1-6H2,(H,13,14)(H,15,16)/t8-,9-/m1/s1. The smallest absolute Gasteiger partial charge is 0.316 e. The maximum atomic E-state index is 11.4. The summed E-state index contributed by atoms with van der Waals surface area (Å²) in [5, 5.41) is 15.0. The second kappa shape index (κ2) is 4.82. The molecule has 2 heterocycles. The molecule has 16 heavy (non-hydrogen) atoms. The van der Waals surface area contributed by atoms with E-state index in [1.165, 1.54) is 0 Å². The summed E-state index contributed by atoms with van der Waals surface area (Å²) in [4.78, 5) is 22.3. The molecular formula is C11H18N2O3. The van der Waals surface area contributed by atoms with Crippen molar-refractivity contribution >= 4 is 11.9 Å². The topological polar surface area (TPSA) is 78.4 Å². The van der Waals surface area contributed by atoms with Crippen molar-refractivity contribution in [1.82, 2.24) is 10.6 Å². The SMILES string of the molecule is O=C(O)[C@@H]1C[C@@H](C2CCNCC2)CNC1=O. The van der Waals surface area contributed by atoms with Gasteiger partial charge in [0.1, 0.15) is 5.92 Å². The van der Waals surface area contributed by atoms with Crippen LogP contribution in [0, 0.1) is 17.8 Å². The Kier molecular flexibility index (Phi) is 3.43. The lowest BCUT2D eigenvalue weighted by Crippen LogP contribution is -2.48. The van der Waals surface area contributed by atoms with Gasteiger partial charge in [-0.25, -0.2) is 0 Å². The Morgan fingerprint density at radius 2 is 1.94 bits per heavy atom. The van der Waals surface area contributed by atoms with Gasteiger partial charge >= 0.3 is 5.97 Å². The Bertz CT molecular complexity index is 287. The van der Waals surface area contributed by atoms with Gasteiger partial charge in [-0.05, 0) is 44.2 Å². The molecule has 90 valence electrons. The van der Waals surface area contributed by atoms with Crippen LogP contribution in [0.1, 0.15) is 19.3 Å². The highest BCUT2D eigenvalue weighted by molar-refractivity contribution is 5.97. The average Bonchev–Trinajstić information content (AvgIpc) is 2.30. The second-order valence-electron chi connectivity index (χ2n) is 4.72. The minimum atomic E-state index is -0.990.